The Hall–Kier alpha value is -1.82. The molecule has 0 N–H and O–H groups in total. The lowest BCUT2D eigenvalue weighted by Crippen LogP contribution is -2.31. The van der Waals surface area contributed by atoms with Gasteiger partial charge in [-0.3, -0.25) is 0 Å². The predicted octanol–water partition coefficient (Wildman–Crippen LogP) is 0.119. The van der Waals surface area contributed by atoms with Crippen molar-refractivity contribution in [1.29, 1.82) is 5.26 Å². The molecule has 0 aliphatic heterocycles. The third kappa shape index (κ3) is 2.60. The molecule has 3 nitrogen and oxygen atoms in total. The molecule has 1 atom stereocenters. The van der Waals surface area contributed by atoms with Gasteiger partial charge in [-0.05, 0) is 12.0 Å². The minimum Gasteiger partial charge on any atom is -0.549 e. The fraction of sp³-hybridized carbons (Fsp3) is 0.200. The molecule has 0 unspecified atom stereocenters. The molecule has 1 aromatic rings. The van der Waals surface area contributed by atoms with Crippen molar-refractivity contribution >= 4 is 5.97 Å². The molecule has 0 aliphatic carbocycles. The van der Waals surface area contributed by atoms with E-state index in [2.05, 4.69) is 0 Å². The number of carboxylic acid groups (broad SMARTS) is 1. The first-order valence-corrected chi connectivity index (χ1v) is 3.88. The van der Waals surface area contributed by atoms with Crippen molar-refractivity contribution in [2.75, 3.05) is 0 Å². The number of hydrogen-bond acceptors (Lipinski definition) is 3. The predicted molar refractivity (Wildman–Crippen MR) is 44.3 cm³/mol. The van der Waals surface area contributed by atoms with E-state index < -0.39 is 11.9 Å². The van der Waals surface area contributed by atoms with Gasteiger partial charge in [0.05, 0.1) is 18.0 Å². The molecule has 3 heteroatoms. The summed E-state index contributed by atoms with van der Waals surface area (Å²) in [6, 6.07) is 10.7. The highest BCUT2D eigenvalue weighted by Gasteiger charge is 2.08. The van der Waals surface area contributed by atoms with E-state index in [1.54, 1.807) is 30.3 Å². The summed E-state index contributed by atoms with van der Waals surface area (Å²) in [6.45, 7) is 0. The number of carboxylic acids is 1. The summed E-state index contributed by atoms with van der Waals surface area (Å²) in [5.74, 6) is -2.37. The van der Waals surface area contributed by atoms with Crippen molar-refractivity contribution in [3.8, 4) is 6.07 Å². The molecule has 0 radical (unpaired) electrons. The molecular formula is C10H8NO2-. The van der Waals surface area contributed by atoms with Crippen LogP contribution in [0.3, 0.4) is 0 Å². The lowest BCUT2D eigenvalue weighted by atomic mass is 10.0. The summed E-state index contributed by atoms with van der Waals surface area (Å²) in [6.07, 6.45) is 0.208. The smallest absolute Gasteiger partial charge is 0.0898 e. The second-order valence-corrected chi connectivity index (χ2v) is 2.69. The topological polar surface area (TPSA) is 63.9 Å². The fourth-order valence-electron chi connectivity index (χ4n) is 1.03. The van der Waals surface area contributed by atoms with E-state index in [0.717, 1.165) is 5.56 Å². The summed E-state index contributed by atoms with van der Waals surface area (Å²) in [5.41, 5.74) is 0.832. The Balaban J connectivity index is 2.69. The number of rotatable bonds is 3. The van der Waals surface area contributed by atoms with Crippen LogP contribution < -0.4 is 5.11 Å². The van der Waals surface area contributed by atoms with Crippen LogP contribution in [0.1, 0.15) is 5.56 Å². The van der Waals surface area contributed by atoms with Crippen molar-refractivity contribution < 1.29 is 9.90 Å². The molecule has 1 rings (SSSR count). The Morgan fingerprint density at radius 3 is 2.54 bits per heavy atom. The first kappa shape index (κ1) is 9.27. The third-order valence-corrected chi connectivity index (χ3v) is 1.72. The molecule has 0 fully saturated rings. The average Bonchev–Trinajstić information content (AvgIpc) is 2.15. The standard InChI is InChI=1S/C10H9NO2/c11-7-9(10(12)13)6-8-4-2-1-3-5-8/h1-5,9H,6H2,(H,12,13)/p-1/t9-/m1/s1. The number of hydrogen-bond donors (Lipinski definition) is 0. The molecule has 0 heterocycles. The van der Waals surface area contributed by atoms with E-state index in [0.29, 0.717) is 0 Å². The summed E-state index contributed by atoms with van der Waals surface area (Å²) in [5, 5.41) is 18.9. The van der Waals surface area contributed by atoms with Crippen LogP contribution >= 0.6 is 0 Å². The van der Waals surface area contributed by atoms with Crippen molar-refractivity contribution in [2.24, 2.45) is 5.92 Å². The van der Waals surface area contributed by atoms with Crippen molar-refractivity contribution in [1.82, 2.24) is 0 Å². The van der Waals surface area contributed by atoms with Gasteiger partial charge in [-0.1, -0.05) is 30.3 Å². The molecule has 0 amide bonds. The molecule has 13 heavy (non-hydrogen) atoms. The van der Waals surface area contributed by atoms with Gasteiger partial charge in [-0.15, -0.1) is 0 Å². The second kappa shape index (κ2) is 4.27. The quantitative estimate of drug-likeness (QED) is 0.653. The first-order chi connectivity index (χ1) is 6.24. The largest absolute Gasteiger partial charge is 0.549 e. The number of nitrogens with zero attached hydrogens (tertiary/aromatic N) is 1. The van der Waals surface area contributed by atoms with Gasteiger partial charge in [0.2, 0.25) is 0 Å². The van der Waals surface area contributed by atoms with Gasteiger partial charge in [0.25, 0.3) is 0 Å². The van der Waals surface area contributed by atoms with Gasteiger partial charge in [0.1, 0.15) is 0 Å². The summed E-state index contributed by atoms with van der Waals surface area (Å²) < 4.78 is 0. The molecule has 0 saturated heterocycles. The average molecular weight is 174 g/mol. The Kier molecular flexibility index (Phi) is 3.04. The van der Waals surface area contributed by atoms with E-state index >= 15 is 0 Å². The SMILES string of the molecule is N#C[C@@H](Cc1ccccc1)C(=O)[O-]. The number of aliphatic carboxylic acids is 1. The highest BCUT2D eigenvalue weighted by molar-refractivity contribution is 5.71. The number of nitriles is 1. The van der Waals surface area contributed by atoms with Gasteiger partial charge in [0, 0.05) is 0 Å². The Bertz CT molecular complexity index is 327. The Morgan fingerprint density at radius 2 is 2.08 bits per heavy atom. The van der Waals surface area contributed by atoms with Gasteiger partial charge >= 0.3 is 0 Å². The third-order valence-electron chi connectivity index (χ3n) is 1.72. The second-order valence-electron chi connectivity index (χ2n) is 2.69. The maximum atomic E-state index is 10.4. The normalized spacial score (nSPS) is 11.6. The van der Waals surface area contributed by atoms with Crippen molar-refractivity contribution in [3.63, 3.8) is 0 Å². The molecule has 0 saturated carbocycles. The number of carbonyl (C=O) groups is 1. The molecule has 66 valence electrons. The zero-order valence-corrected chi connectivity index (χ0v) is 6.93. The zero-order chi connectivity index (χ0) is 9.68. The monoisotopic (exact) mass is 174 g/mol. The van der Waals surface area contributed by atoms with E-state index in [-0.39, 0.29) is 6.42 Å². The zero-order valence-electron chi connectivity index (χ0n) is 6.93. The molecule has 0 aliphatic rings. The van der Waals surface area contributed by atoms with Crippen molar-refractivity contribution in [3.05, 3.63) is 35.9 Å². The molecule has 0 bridgehead atoms. The van der Waals surface area contributed by atoms with E-state index in [1.807, 2.05) is 6.07 Å². The van der Waals surface area contributed by atoms with Crippen LogP contribution in [0.4, 0.5) is 0 Å². The summed E-state index contributed by atoms with van der Waals surface area (Å²) in [4.78, 5) is 10.4. The minimum absolute atomic E-state index is 0.208. The number of carbonyl (C=O) groups excluding carboxylic acids is 1. The van der Waals surface area contributed by atoms with Gasteiger partial charge in [-0.2, -0.15) is 5.26 Å². The van der Waals surface area contributed by atoms with E-state index in [4.69, 9.17) is 5.26 Å². The van der Waals surface area contributed by atoms with Crippen LogP contribution in [0.15, 0.2) is 30.3 Å². The number of benzene rings is 1. The van der Waals surface area contributed by atoms with Gasteiger partial charge in [-0.25, -0.2) is 0 Å². The van der Waals surface area contributed by atoms with Gasteiger partial charge in [0.15, 0.2) is 0 Å². The van der Waals surface area contributed by atoms with Gasteiger partial charge < -0.3 is 9.90 Å². The molecular weight excluding hydrogens is 166 g/mol. The highest BCUT2D eigenvalue weighted by Crippen LogP contribution is 2.06. The maximum absolute atomic E-state index is 10.4. The fourth-order valence-corrected chi connectivity index (χ4v) is 1.03. The summed E-state index contributed by atoms with van der Waals surface area (Å²) in [7, 11) is 0. The summed E-state index contributed by atoms with van der Waals surface area (Å²) >= 11 is 0. The Morgan fingerprint density at radius 1 is 1.46 bits per heavy atom. The molecule has 0 spiro atoms. The Labute approximate surface area is 76.2 Å². The van der Waals surface area contributed by atoms with Crippen LogP contribution in [0.2, 0.25) is 0 Å². The van der Waals surface area contributed by atoms with Crippen LogP contribution in [-0.4, -0.2) is 5.97 Å². The lowest BCUT2D eigenvalue weighted by molar-refractivity contribution is -0.309. The first-order valence-electron chi connectivity index (χ1n) is 3.88. The lowest BCUT2D eigenvalue weighted by Gasteiger charge is -2.08. The van der Waals surface area contributed by atoms with E-state index in [1.165, 1.54) is 0 Å². The molecule has 0 aromatic heterocycles. The highest BCUT2D eigenvalue weighted by atomic mass is 16.4. The van der Waals surface area contributed by atoms with Crippen LogP contribution in [-0.2, 0) is 11.2 Å². The molecule has 1 aromatic carbocycles. The van der Waals surface area contributed by atoms with Crippen molar-refractivity contribution in [2.45, 2.75) is 6.42 Å². The van der Waals surface area contributed by atoms with Crippen LogP contribution in [0.5, 0.6) is 0 Å². The van der Waals surface area contributed by atoms with E-state index in [9.17, 15) is 9.90 Å². The minimum atomic E-state index is -1.31. The van der Waals surface area contributed by atoms with Crippen LogP contribution in [0.25, 0.3) is 0 Å². The van der Waals surface area contributed by atoms with Crippen LogP contribution in [0, 0.1) is 17.2 Å². The maximum Gasteiger partial charge on any atom is 0.0898 e.